The number of hydrogen-bond donors (Lipinski definition) is 0. The third kappa shape index (κ3) is 6.68. The van der Waals surface area contributed by atoms with Crippen molar-refractivity contribution in [1.29, 1.82) is 0 Å². The first kappa shape index (κ1) is 25.2. The molecule has 3 aromatic carbocycles. The third-order valence-corrected chi connectivity index (χ3v) is 6.99. The molecule has 0 unspecified atom stereocenters. The van der Waals surface area contributed by atoms with Crippen LogP contribution in [0.2, 0.25) is 0 Å². The number of ether oxygens (including phenoxy) is 2. The lowest BCUT2D eigenvalue weighted by atomic mass is 9.96. The quantitative estimate of drug-likeness (QED) is 0.320. The fraction of sp³-hybridized carbons (Fsp3) is 0.344. The van der Waals surface area contributed by atoms with Crippen LogP contribution < -0.4 is 4.74 Å². The molecular formula is C32H36N2O3. The summed E-state index contributed by atoms with van der Waals surface area (Å²) < 4.78 is 17.6. The molecule has 2 heterocycles. The van der Waals surface area contributed by atoms with Gasteiger partial charge in [0, 0.05) is 25.1 Å². The van der Waals surface area contributed by atoms with Gasteiger partial charge >= 0.3 is 0 Å². The molecule has 0 N–H and O–H groups in total. The minimum Gasteiger partial charge on any atom is -0.491 e. The second kappa shape index (κ2) is 12.2. The minimum atomic E-state index is 0.533. The van der Waals surface area contributed by atoms with E-state index < -0.39 is 0 Å². The first-order chi connectivity index (χ1) is 18.2. The lowest BCUT2D eigenvalue weighted by Crippen LogP contribution is -2.29. The zero-order valence-electron chi connectivity index (χ0n) is 21.9. The zero-order chi connectivity index (χ0) is 25.5. The maximum atomic E-state index is 6.20. The highest BCUT2D eigenvalue weighted by Crippen LogP contribution is 2.32. The summed E-state index contributed by atoms with van der Waals surface area (Å²) in [4.78, 5) is 2.51. The van der Waals surface area contributed by atoms with Gasteiger partial charge < -0.3 is 14.0 Å². The van der Waals surface area contributed by atoms with Gasteiger partial charge in [0.15, 0.2) is 0 Å². The third-order valence-electron chi connectivity index (χ3n) is 6.99. The molecule has 1 aliphatic rings. The number of rotatable bonds is 5. The van der Waals surface area contributed by atoms with Crippen molar-refractivity contribution in [3.8, 4) is 16.9 Å². The molecule has 1 aromatic heterocycles. The van der Waals surface area contributed by atoms with Gasteiger partial charge in [-0.2, -0.15) is 0 Å². The summed E-state index contributed by atoms with van der Waals surface area (Å²) in [6.45, 7) is 8.64. The molecule has 0 atom stereocenters. The van der Waals surface area contributed by atoms with Crippen LogP contribution in [0.4, 0.5) is 0 Å². The van der Waals surface area contributed by atoms with Crippen LogP contribution in [-0.2, 0) is 24.1 Å². The SMILES string of the molecule is Cc1noc(C)c1-c1ccc2c(c1)Cc1cccc(c1)CN(CCCc1ccccc1)CCOCCO2. The molecule has 5 nitrogen and oxygen atoms in total. The number of fused-ring (bicyclic) bond motifs is 3. The molecule has 192 valence electrons. The molecular weight excluding hydrogens is 460 g/mol. The van der Waals surface area contributed by atoms with E-state index in [2.05, 4.69) is 82.9 Å². The number of nitrogens with zero attached hydrogens (tertiary/aromatic N) is 2. The topological polar surface area (TPSA) is 47.7 Å². The number of benzene rings is 3. The van der Waals surface area contributed by atoms with Crippen LogP contribution in [-0.4, -0.2) is 43.0 Å². The van der Waals surface area contributed by atoms with E-state index in [4.69, 9.17) is 14.0 Å². The molecule has 5 heteroatoms. The van der Waals surface area contributed by atoms with Crippen LogP contribution in [0.5, 0.6) is 5.75 Å². The molecule has 0 saturated carbocycles. The number of hydrogen-bond acceptors (Lipinski definition) is 5. The lowest BCUT2D eigenvalue weighted by Gasteiger charge is -2.23. The van der Waals surface area contributed by atoms with E-state index in [1.54, 1.807) is 0 Å². The summed E-state index contributed by atoms with van der Waals surface area (Å²) in [7, 11) is 0. The second-order valence-electron chi connectivity index (χ2n) is 9.84. The minimum absolute atomic E-state index is 0.533. The first-order valence-electron chi connectivity index (χ1n) is 13.3. The van der Waals surface area contributed by atoms with E-state index >= 15 is 0 Å². The molecule has 1 aliphatic heterocycles. The Morgan fingerprint density at radius 1 is 0.865 bits per heavy atom. The zero-order valence-corrected chi connectivity index (χ0v) is 21.9. The van der Waals surface area contributed by atoms with Crippen molar-refractivity contribution < 1.29 is 14.0 Å². The van der Waals surface area contributed by atoms with E-state index in [1.807, 2.05) is 13.8 Å². The Balaban J connectivity index is 1.35. The summed E-state index contributed by atoms with van der Waals surface area (Å²) in [5.41, 5.74) is 8.25. The van der Waals surface area contributed by atoms with Crippen molar-refractivity contribution in [3.05, 3.63) is 107 Å². The highest BCUT2D eigenvalue weighted by molar-refractivity contribution is 5.69. The molecule has 0 amide bonds. The molecule has 2 bridgehead atoms. The van der Waals surface area contributed by atoms with E-state index in [1.165, 1.54) is 16.7 Å². The number of aryl methyl sites for hydroxylation is 3. The van der Waals surface area contributed by atoms with Crippen molar-refractivity contribution in [2.24, 2.45) is 0 Å². The van der Waals surface area contributed by atoms with E-state index in [-0.39, 0.29) is 0 Å². The molecule has 5 rings (SSSR count). The van der Waals surface area contributed by atoms with Crippen LogP contribution in [0.15, 0.2) is 77.3 Å². The van der Waals surface area contributed by atoms with E-state index in [0.29, 0.717) is 19.8 Å². The van der Waals surface area contributed by atoms with Crippen LogP contribution in [0.1, 0.15) is 40.1 Å². The Morgan fingerprint density at radius 3 is 2.57 bits per heavy atom. The van der Waals surface area contributed by atoms with Gasteiger partial charge in [0.1, 0.15) is 18.1 Å². The predicted octanol–water partition coefficient (Wildman–Crippen LogP) is 6.39. The Morgan fingerprint density at radius 2 is 1.73 bits per heavy atom. The van der Waals surface area contributed by atoms with Crippen molar-refractivity contribution in [2.75, 3.05) is 32.9 Å². The second-order valence-corrected chi connectivity index (χ2v) is 9.84. The Bertz CT molecular complexity index is 1280. The monoisotopic (exact) mass is 496 g/mol. The van der Waals surface area contributed by atoms with Gasteiger partial charge in [0.2, 0.25) is 0 Å². The summed E-state index contributed by atoms with van der Waals surface area (Å²) >= 11 is 0. The van der Waals surface area contributed by atoms with Crippen LogP contribution in [0, 0.1) is 13.8 Å². The van der Waals surface area contributed by atoms with Gasteiger partial charge in [-0.15, -0.1) is 0 Å². The van der Waals surface area contributed by atoms with Gasteiger partial charge in [0.05, 0.1) is 18.9 Å². The molecule has 0 aliphatic carbocycles. The van der Waals surface area contributed by atoms with Crippen molar-refractivity contribution in [1.82, 2.24) is 10.1 Å². The largest absolute Gasteiger partial charge is 0.491 e. The molecule has 0 saturated heterocycles. The van der Waals surface area contributed by atoms with Crippen molar-refractivity contribution in [2.45, 2.75) is 39.7 Å². The number of aromatic nitrogens is 1. The average molecular weight is 497 g/mol. The Labute approximate surface area is 220 Å². The highest BCUT2D eigenvalue weighted by atomic mass is 16.5. The summed E-state index contributed by atoms with van der Waals surface area (Å²) in [5.74, 6) is 1.74. The van der Waals surface area contributed by atoms with E-state index in [0.717, 1.165) is 72.8 Å². The maximum Gasteiger partial charge on any atom is 0.141 e. The summed E-state index contributed by atoms with van der Waals surface area (Å²) in [6, 6.07) is 26.1. The van der Waals surface area contributed by atoms with Gasteiger partial charge in [-0.05, 0) is 73.2 Å². The van der Waals surface area contributed by atoms with E-state index in [9.17, 15) is 0 Å². The Hall–Kier alpha value is -3.41. The van der Waals surface area contributed by atoms with Crippen molar-refractivity contribution in [3.63, 3.8) is 0 Å². The summed E-state index contributed by atoms with van der Waals surface area (Å²) in [5, 5.41) is 4.15. The Kier molecular flexibility index (Phi) is 8.34. The van der Waals surface area contributed by atoms with Crippen LogP contribution in [0.25, 0.3) is 11.1 Å². The lowest BCUT2D eigenvalue weighted by molar-refractivity contribution is 0.0773. The van der Waals surface area contributed by atoms with Gasteiger partial charge in [0.25, 0.3) is 0 Å². The maximum absolute atomic E-state index is 6.20. The molecule has 4 aromatic rings. The molecule has 0 spiro atoms. The van der Waals surface area contributed by atoms with Crippen LogP contribution >= 0.6 is 0 Å². The van der Waals surface area contributed by atoms with Crippen LogP contribution in [0.3, 0.4) is 0 Å². The van der Waals surface area contributed by atoms with Gasteiger partial charge in [-0.1, -0.05) is 65.8 Å². The summed E-state index contributed by atoms with van der Waals surface area (Å²) in [6.07, 6.45) is 3.02. The smallest absolute Gasteiger partial charge is 0.141 e. The average Bonchev–Trinajstić information content (AvgIpc) is 3.24. The predicted molar refractivity (Wildman–Crippen MR) is 147 cm³/mol. The van der Waals surface area contributed by atoms with Crippen molar-refractivity contribution >= 4 is 0 Å². The standard InChI is InChI=1S/C32H36N2O3/c1-24-32(25(2)37-33-24)29-13-14-31-30(22-29)21-27-10-6-11-28(20-27)23-34(16-17-35-18-19-36-31)15-7-12-26-8-4-3-5-9-26/h3-6,8-11,13-14,20,22H,7,12,15-19,21,23H2,1-2H3. The molecule has 0 radical (unpaired) electrons. The highest BCUT2D eigenvalue weighted by Gasteiger charge is 2.15. The van der Waals surface area contributed by atoms with Gasteiger partial charge in [-0.3, -0.25) is 4.90 Å². The molecule has 37 heavy (non-hydrogen) atoms. The molecule has 0 fully saturated rings. The fourth-order valence-electron chi connectivity index (χ4n) is 5.15. The normalized spacial score (nSPS) is 15.0. The fourth-order valence-corrected chi connectivity index (χ4v) is 5.15. The first-order valence-corrected chi connectivity index (χ1v) is 13.3. The van der Waals surface area contributed by atoms with Gasteiger partial charge in [-0.25, -0.2) is 0 Å².